The predicted octanol–water partition coefficient (Wildman–Crippen LogP) is 3.83. The van der Waals surface area contributed by atoms with E-state index in [-0.39, 0.29) is 16.2 Å². The second-order valence-corrected chi connectivity index (χ2v) is 9.73. The van der Waals surface area contributed by atoms with E-state index in [4.69, 9.17) is 4.42 Å². The van der Waals surface area contributed by atoms with Gasteiger partial charge in [-0.15, -0.1) is 10.2 Å². The van der Waals surface area contributed by atoms with Gasteiger partial charge in [-0.05, 0) is 55.0 Å². The molecule has 0 bridgehead atoms. The SMILES string of the molecule is O=S(=O)(c1cccc(F)c1)N1CCC2(CC1)C[C@H]2c1nnc(-c2ccccc2)o1. The quantitative estimate of drug-likeness (QED) is 0.650. The lowest BCUT2D eigenvalue weighted by molar-refractivity contribution is 0.246. The number of aromatic nitrogens is 2. The van der Waals surface area contributed by atoms with Gasteiger partial charge >= 0.3 is 0 Å². The molecule has 2 fully saturated rings. The number of hydrogen-bond donors (Lipinski definition) is 0. The molecular formula is C21H20FN3O3S. The third kappa shape index (κ3) is 3.26. The fraction of sp³-hybridized carbons (Fsp3) is 0.333. The summed E-state index contributed by atoms with van der Waals surface area (Å²) in [5.41, 5.74) is 0.908. The van der Waals surface area contributed by atoms with Gasteiger partial charge < -0.3 is 4.42 Å². The smallest absolute Gasteiger partial charge is 0.247 e. The largest absolute Gasteiger partial charge is 0.420 e. The molecule has 0 radical (unpaired) electrons. The van der Waals surface area contributed by atoms with E-state index >= 15 is 0 Å². The van der Waals surface area contributed by atoms with Crippen LogP contribution in [0.3, 0.4) is 0 Å². The zero-order valence-corrected chi connectivity index (χ0v) is 16.5. The molecule has 1 aliphatic carbocycles. The van der Waals surface area contributed by atoms with E-state index < -0.39 is 15.8 Å². The van der Waals surface area contributed by atoms with Crippen molar-refractivity contribution in [2.24, 2.45) is 5.41 Å². The van der Waals surface area contributed by atoms with E-state index in [0.29, 0.717) is 24.9 Å². The second-order valence-electron chi connectivity index (χ2n) is 7.79. The van der Waals surface area contributed by atoms with Gasteiger partial charge in [-0.3, -0.25) is 0 Å². The Morgan fingerprint density at radius 3 is 2.52 bits per heavy atom. The maximum Gasteiger partial charge on any atom is 0.247 e. The third-order valence-electron chi connectivity index (χ3n) is 6.10. The van der Waals surface area contributed by atoms with Crippen molar-refractivity contribution in [3.05, 3.63) is 66.3 Å². The minimum absolute atomic E-state index is 0.00482. The number of hydrogen-bond acceptors (Lipinski definition) is 5. The molecule has 1 aliphatic heterocycles. The summed E-state index contributed by atoms with van der Waals surface area (Å²) in [5, 5.41) is 8.41. The lowest BCUT2D eigenvalue weighted by atomic mass is 9.92. The molecule has 3 aromatic rings. The van der Waals surface area contributed by atoms with E-state index in [9.17, 15) is 12.8 Å². The number of benzene rings is 2. The van der Waals surface area contributed by atoms with Crippen LogP contribution < -0.4 is 0 Å². The molecule has 6 nitrogen and oxygen atoms in total. The van der Waals surface area contributed by atoms with Crippen LogP contribution in [0.2, 0.25) is 0 Å². The Morgan fingerprint density at radius 1 is 1.03 bits per heavy atom. The van der Waals surface area contributed by atoms with Crippen LogP contribution >= 0.6 is 0 Å². The van der Waals surface area contributed by atoms with Gasteiger partial charge in [-0.2, -0.15) is 4.31 Å². The van der Waals surface area contributed by atoms with Gasteiger partial charge in [0.2, 0.25) is 21.8 Å². The lowest BCUT2D eigenvalue weighted by Crippen LogP contribution is -2.39. The van der Waals surface area contributed by atoms with E-state index in [1.165, 1.54) is 22.5 Å². The van der Waals surface area contributed by atoms with E-state index in [1.807, 2.05) is 30.3 Å². The van der Waals surface area contributed by atoms with Crippen molar-refractivity contribution in [3.63, 3.8) is 0 Å². The standard InChI is InChI=1S/C21H20FN3O3S/c22-16-7-4-8-17(13-16)29(26,27)25-11-9-21(10-12-25)14-18(21)20-24-23-19(28-20)15-5-2-1-3-6-15/h1-8,13,18H,9-12,14H2/t18-/m0/s1. The van der Waals surface area contributed by atoms with Crippen molar-refractivity contribution in [2.75, 3.05) is 13.1 Å². The minimum Gasteiger partial charge on any atom is -0.420 e. The molecule has 1 saturated carbocycles. The van der Waals surface area contributed by atoms with Crippen LogP contribution in [0.1, 0.15) is 31.1 Å². The fourth-order valence-electron chi connectivity index (χ4n) is 4.27. The maximum atomic E-state index is 13.5. The summed E-state index contributed by atoms with van der Waals surface area (Å²) in [6.45, 7) is 0.823. The second kappa shape index (κ2) is 6.74. The molecule has 1 spiro atoms. The number of sulfonamides is 1. The molecule has 1 saturated heterocycles. The van der Waals surface area contributed by atoms with Crippen molar-refractivity contribution in [1.82, 2.24) is 14.5 Å². The van der Waals surface area contributed by atoms with Crippen LogP contribution in [0.25, 0.3) is 11.5 Å². The summed E-state index contributed by atoms with van der Waals surface area (Å²) < 4.78 is 46.4. The topological polar surface area (TPSA) is 76.3 Å². The molecule has 1 atom stereocenters. The minimum atomic E-state index is -3.68. The molecule has 2 aliphatic rings. The summed E-state index contributed by atoms with van der Waals surface area (Å²) in [6, 6.07) is 14.8. The van der Waals surface area contributed by atoms with Crippen LogP contribution in [0.15, 0.2) is 63.9 Å². The first-order valence-electron chi connectivity index (χ1n) is 9.63. The molecule has 0 amide bonds. The van der Waals surface area contributed by atoms with Crippen LogP contribution in [0, 0.1) is 11.2 Å². The van der Waals surface area contributed by atoms with Gasteiger partial charge in [0.15, 0.2) is 0 Å². The first-order valence-corrected chi connectivity index (χ1v) is 11.1. The Hall–Kier alpha value is -2.58. The van der Waals surface area contributed by atoms with Crippen LogP contribution in [-0.4, -0.2) is 36.0 Å². The Morgan fingerprint density at radius 2 is 1.79 bits per heavy atom. The summed E-state index contributed by atoms with van der Waals surface area (Å²) >= 11 is 0. The molecule has 0 N–H and O–H groups in total. The van der Waals surface area contributed by atoms with E-state index in [2.05, 4.69) is 10.2 Å². The van der Waals surface area contributed by atoms with Crippen LogP contribution in [0.5, 0.6) is 0 Å². The van der Waals surface area contributed by atoms with Gasteiger partial charge in [0.1, 0.15) is 5.82 Å². The third-order valence-corrected chi connectivity index (χ3v) is 8.00. The highest BCUT2D eigenvalue weighted by Gasteiger charge is 2.58. The van der Waals surface area contributed by atoms with Crippen molar-refractivity contribution in [3.8, 4) is 11.5 Å². The Balaban J connectivity index is 1.28. The van der Waals surface area contributed by atoms with Gasteiger partial charge in [-0.25, -0.2) is 12.8 Å². The molecule has 2 heterocycles. The van der Waals surface area contributed by atoms with Crippen molar-refractivity contribution >= 4 is 10.0 Å². The predicted molar refractivity (Wildman–Crippen MR) is 104 cm³/mol. The normalized spacial score (nSPS) is 21.3. The summed E-state index contributed by atoms with van der Waals surface area (Å²) in [6.07, 6.45) is 2.39. The lowest BCUT2D eigenvalue weighted by Gasteiger charge is -2.31. The average molecular weight is 413 g/mol. The zero-order valence-electron chi connectivity index (χ0n) is 15.7. The number of rotatable bonds is 4. The zero-order chi connectivity index (χ0) is 20.1. The first-order chi connectivity index (χ1) is 14.0. The van der Waals surface area contributed by atoms with Gasteiger partial charge in [0.25, 0.3) is 0 Å². The average Bonchev–Trinajstić information content (AvgIpc) is 3.20. The molecule has 5 rings (SSSR count). The molecule has 1 aromatic heterocycles. The monoisotopic (exact) mass is 413 g/mol. The van der Waals surface area contributed by atoms with Crippen molar-refractivity contribution in [1.29, 1.82) is 0 Å². The number of nitrogens with zero attached hydrogens (tertiary/aromatic N) is 3. The first kappa shape index (κ1) is 18.4. The summed E-state index contributed by atoms with van der Waals surface area (Å²) in [5.74, 6) is 0.762. The highest BCUT2D eigenvalue weighted by molar-refractivity contribution is 7.89. The molecule has 8 heteroatoms. The van der Waals surface area contributed by atoms with Gasteiger partial charge in [0, 0.05) is 24.6 Å². The number of piperidine rings is 1. The highest BCUT2D eigenvalue weighted by atomic mass is 32.2. The maximum absolute atomic E-state index is 13.5. The van der Waals surface area contributed by atoms with Crippen LogP contribution in [-0.2, 0) is 10.0 Å². The van der Waals surface area contributed by atoms with Crippen LogP contribution in [0.4, 0.5) is 4.39 Å². The molecular weight excluding hydrogens is 393 g/mol. The highest BCUT2D eigenvalue weighted by Crippen LogP contribution is 2.64. The van der Waals surface area contributed by atoms with Crippen molar-refractivity contribution < 1.29 is 17.2 Å². The van der Waals surface area contributed by atoms with Crippen molar-refractivity contribution in [2.45, 2.75) is 30.1 Å². The number of halogens is 1. The molecule has 2 aromatic carbocycles. The molecule has 150 valence electrons. The Kier molecular flexibility index (Phi) is 4.29. The summed E-state index contributed by atoms with van der Waals surface area (Å²) in [4.78, 5) is 0.00482. The Bertz CT molecular complexity index is 1140. The van der Waals surface area contributed by atoms with Gasteiger partial charge in [0.05, 0.1) is 4.90 Å². The molecule has 0 unspecified atom stereocenters. The van der Waals surface area contributed by atoms with Gasteiger partial charge in [-0.1, -0.05) is 24.3 Å². The molecule has 29 heavy (non-hydrogen) atoms. The van der Waals surface area contributed by atoms with E-state index in [1.54, 1.807) is 0 Å². The summed E-state index contributed by atoms with van der Waals surface area (Å²) in [7, 11) is -3.68. The Labute approximate surface area is 168 Å². The fourth-order valence-corrected chi connectivity index (χ4v) is 5.74. The van der Waals surface area contributed by atoms with E-state index in [0.717, 1.165) is 30.9 Å².